The maximum atomic E-state index is 11.0. The Bertz CT molecular complexity index is 1340. The highest BCUT2D eigenvalue weighted by molar-refractivity contribution is 7.99. The second-order valence-electron chi connectivity index (χ2n) is 10.9. The lowest BCUT2D eigenvalue weighted by atomic mass is 9.85. The lowest BCUT2D eigenvalue weighted by molar-refractivity contribution is 0.440. The van der Waals surface area contributed by atoms with Gasteiger partial charge in [-0.1, -0.05) is 71.5 Å². The first-order valence-corrected chi connectivity index (χ1v) is 12.1. The fraction of sp³-hybridized carbons (Fsp3) is 0.357. The third kappa shape index (κ3) is 4.79. The average Bonchev–Trinajstić information content (AvgIpc) is 3.12. The molecule has 0 saturated carbocycles. The van der Waals surface area contributed by atoms with Crippen molar-refractivity contribution in [2.24, 2.45) is 0 Å². The third-order valence-corrected chi connectivity index (χ3v) is 7.04. The third-order valence-electron chi connectivity index (χ3n) is 5.89. The van der Waals surface area contributed by atoms with E-state index < -0.39 is 0 Å². The number of aromatic hydroxyl groups is 1. The number of phenols is 1. The Morgan fingerprint density at radius 3 is 2.15 bits per heavy atom. The molecule has 33 heavy (non-hydrogen) atoms. The monoisotopic (exact) mass is 459 g/mol. The fourth-order valence-electron chi connectivity index (χ4n) is 3.85. The van der Waals surface area contributed by atoms with Gasteiger partial charge in [-0.3, -0.25) is 0 Å². The van der Waals surface area contributed by atoms with Gasteiger partial charge >= 0.3 is 0 Å². The number of hydrogen-bond donors (Lipinski definition) is 1. The van der Waals surface area contributed by atoms with Gasteiger partial charge in [0.15, 0.2) is 0 Å². The molecule has 0 atom stereocenters. The van der Waals surface area contributed by atoms with Gasteiger partial charge in [0.25, 0.3) is 0 Å². The summed E-state index contributed by atoms with van der Waals surface area (Å²) < 4.78 is 0. The van der Waals surface area contributed by atoms with E-state index in [4.69, 9.17) is 5.10 Å². The minimum atomic E-state index is -0.180. The second kappa shape index (κ2) is 8.21. The second-order valence-corrected chi connectivity index (χ2v) is 12.0. The van der Waals surface area contributed by atoms with E-state index in [1.165, 1.54) is 16.0 Å². The van der Waals surface area contributed by atoms with Crippen LogP contribution in [0.15, 0.2) is 58.3 Å². The molecule has 0 radical (unpaired) electrons. The van der Waals surface area contributed by atoms with Crippen LogP contribution >= 0.6 is 11.8 Å². The first-order valence-electron chi connectivity index (χ1n) is 11.3. The van der Waals surface area contributed by atoms with Gasteiger partial charge < -0.3 is 5.11 Å². The van der Waals surface area contributed by atoms with E-state index in [1.54, 1.807) is 16.6 Å². The summed E-state index contributed by atoms with van der Waals surface area (Å²) in [5.41, 5.74) is 6.70. The number of rotatable bonds is 3. The van der Waals surface area contributed by atoms with E-state index in [1.807, 2.05) is 25.1 Å². The number of fused-ring (bicyclic) bond motifs is 1. The topological polar surface area (TPSA) is 50.9 Å². The summed E-state index contributed by atoms with van der Waals surface area (Å²) in [5, 5.41) is 20.4. The van der Waals surface area contributed by atoms with Crippen molar-refractivity contribution >= 4 is 22.8 Å². The van der Waals surface area contributed by atoms with E-state index >= 15 is 0 Å². The van der Waals surface area contributed by atoms with Gasteiger partial charge in [0.2, 0.25) is 0 Å². The summed E-state index contributed by atoms with van der Waals surface area (Å²) in [4.78, 5) is 3.93. The van der Waals surface area contributed by atoms with E-state index in [2.05, 4.69) is 83.9 Å². The number of hydrogen-bond acceptors (Lipinski definition) is 4. The quantitative estimate of drug-likeness (QED) is 0.345. The van der Waals surface area contributed by atoms with Crippen LogP contribution in [0, 0.1) is 13.8 Å². The van der Waals surface area contributed by atoms with Gasteiger partial charge in [0.1, 0.15) is 22.5 Å². The molecule has 0 bridgehead atoms. The number of aryl methyl sites for hydroxylation is 2. The Hall–Kier alpha value is -2.79. The zero-order chi connectivity index (χ0) is 24.1. The summed E-state index contributed by atoms with van der Waals surface area (Å²) in [6.07, 6.45) is 0. The summed E-state index contributed by atoms with van der Waals surface area (Å²) >= 11 is 1.75. The highest BCUT2D eigenvalue weighted by Gasteiger charge is 2.22. The molecule has 0 unspecified atom stereocenters. The predicted octanol–water partition coefficient (Wildman–Crippen LogP) is 7.49. The maximum Gasteiger partial charge on any atom is 0.146 e. The van der Waals surface area contributed by atoms with Crippen molar-refractivity contribution in [2.45, 2.75) is 76.0 Å². The van der Waals surface area contributed by atoms with E-state index in [0.29, 0.717) is 5.69 Å². The Kier molecular flexibility index (Phi) is 5.81. The van der Waals surface area contributed by atoms with Crippen molar-refractivity contribution in [3.8, 4) is 11.4 Å². The first-order chi connectivity index (χ1) is 15.3. The van der Waals surface area contributed by atoms with Crippen molar-refractivity contribution in [1.29, 1.82) is 0 Å². The van der Waals surface area contributed by atoms with Crippen molar-refractivity contribution in [3.63, 3.8) is 0 Å². The molecule has 1 aromatic heterocycles. The van der Waals surface area contributed by atoms with E-state index in [9.17, 15) is 5.11 Å². The van der Waals surface area contributed by atoms with Gasteiger partial charge in [0, 0.05) is 15.4 Å². The normalized spacial score (nSPS) is 12.5. The molecule has 0 spiro atoms. The Morgan fingerprint density at radius 1 is 0.788 bits per heavy atom. The fourth-order valence-corrected chi connectivity index (χ4v) is 4.83. The zero-order valence-electron chi connectivity index (χ0n) is 20.8. The lowest BCUT2D eigenvalue weighted by Gasteiger charge is -2.22. The molecule has 3 aromatic carbocycles. The number of aromatic nitrogens is 3. The van der Waals surface area contributed by atoms with Gasteiger partial charge in [-0.2, -0.15) is 0 Å². The average molecular weight is 460 g/mol. The van der Waals surface area contributed by atoms with Crippen molar-refractivity contribution < 1.29 is 5.11 Å². The standard InChI is InChI=1S/C28H33N3OS/c1-17-13-21(28(6,7)8)26(32)24(14-17)31-29-22-12-11-20(16-23(22)30-31)33-25-15-19(27(3,4)5)10-9-18(25)2/h9-16,32H,1-8H3. The molecule has 0 amide bonds. The molecule has 0 fully saturated rings. The predicted molar refractivity (Wildman–Crippen MR) is 138 cm³/mol. The molecule has 4 rings (SSSR count). The summed E-state index contributed by atoms with van der Waals surface area (Å²) in [7, 11) is 0. The van der Waals surface area contributed by atoms with Crippen LogP contribution in [0.4, 0.5) is 0 Å². The molecule has 5 heteroatoms. The maximum absolute atomic E-state index is 11.0. The molecule has 0 aliphatic carbocycles. The number of benzene rings is 3. The molecule has 1 N–H and O–H groups in total. The minimum absolute atomic E-state index is 0.109. The van der Waals surface area contributed by atoms with Crippen LogP contribution in [0.5, 0.6) is 5.75 Å². The lowest BCUT2D eigenvalue weighted by Crippen LogP contribution is -2.13. The van der Waals surface area contributed by atoms with Crippen LogP contribution in [0.3, 0.4) is 0 Å². The minimum Gasteiger partial charge on any atom is -0.505 e. The summed E-state index contributed by atoms with van der Waals surface area (Å²) in [5.74, 6) is 0.234. The molecule has 4 nitrogen and oxygen atoms in total. The zero-order valence-corrected chi connectivity index (χ0v) is 21.6. The van der Waals surface area contributed by atoms with E-state index in [-0.39, 0.29) is 16.6 Å². The van der Waals surface area contributed by atoms with Crippen LogP contribution < -0.4 is 0 Å². The Labute approximate surface area is 201 Å². The number of phenolic OH excluding ortho intramolecular Hbond substituents is 1. The highest BCUT2D eigenvalue weighted by Crippen LogP contribution is 2.37. The molecule has 1 heterocycles. The SMILES string of the molecule is Cc1cc(-n2nc3ccc(Sc4cc(C(C)(C)C)ccc4C)cc3n2)c(O)c(C(C)(C)C)c1. The molecular formula is C28H33N3OS. The Balaban J connectivity index is 1.72. The van der Waals surface area contributed by atoms with Gasteiger partial charge in [-0.15, -0.1) is 15.0 Å². The molecule has 0 aliphatic heterocycles. The van der Waals surface area contributed by atoms with Crippen LogP contribution in [-0.2, 0) is 10.8 Å². The highest BCUT2D eigenvalue weighted by atomic mass is 32.2. The first kappa shape index (κ1) is 23.4. The largest absolute Gasteiger partial charge is 0.505 e. The van der Waals surface area contributed by atoms with E-state index in [0.717, 1.165) is 27.1 Å². The number of nitrogens with zero attached hydrogens (tertiary/aromatic N) is 3. The van der Waals surface area contributed by atoms with Crippen molar-refractivity contribution in [3.05, 3.63) is 70.8 Å². The van der Waals surface area contributed by atoms with Gasteiger partial charge in [0.05, 0.1) is 0 Å². The van der Waals surface area contributed by atoms with Crippen molar-refractivity contribution in [1.82, 2.24) is 15.0 Å². The van der Waals surface area contributed by atoms with Gasteiger partial charge in [-0.05, 0) is 71.7 Å². The van der Waals surface area contributed by atoms with Crippen LogP contribution in [0.1, 0.15) is 63.8 Å². The van der Waals surface area contributed by atoms with Crippen LogP contribution in [0.25, 0.3) is 16.7 Å². The summed E-state index contributed by atoms with van der Waals surface area (Å²) in [6.45, 7) is 17.2. The van der Waals surface area contributed by atoms with Crippen LogP contribution in [-0.4, -0.2) is 20.1 Å². The molecule has 0 saturated heterocycles. The summed E-state index contributed by atoms with van der Waals surface area (Å²) in [6, 6.07) is 16.8. The molecular weight excluding hydrogens is 426 g/mol. The van der Waals surface area contributed by atoms with Crippen LogP contribution in [0.2, 0.25) is 0 Å². The molecule has 4 aromatic rings. The molecule has 0 aliphatic rings. The van der Waals surface area contributed by atoms with Crippen molar-refractivity contribution in [2.75, 3.05) is 0 Å². The Morgan fingerprint density at radius 2 is 1.48 bits per heavy atom. The smallest absolute Gasteiger partial charge is 0.146 e. The molecule has 172 valence electrons. The van der Waals surface area contributed by atoms with Gasteiger partial charge in [-0.25, -0.2) is 0 Å².